The highest BCUT2D eigenvalue weighted by atomic mass is 16.4. The van der Waals surface area contributed by atoms with E-state index in [1.54, 1.807) is 32.0 Å². The Kier molecular flexibility index (Phi) is 2.52. The van der Waals surface area contributed by atoms with Gasteiger partial charge in [0.25, 0.3) is 0 Å². The molecule has 0 spiro atoms. The lowest BCUT2D eigenvalue weighted by Gasteiger charge is -2.09. The van der Waals surface area contributed by atoms with Gasteiger partial charge in [-0.05, 0) is 25.1 Å². The smallest absolute Gasteiger partial charge is 0.325 e. The number of rotatable bonds is 3. The molecule has 0 saturated carbocycles. The van der Waals surface area contributed by atoms with Crippen molar-refractivity contribution in [1.29, 1.82) is 0 Å². The average Bonchev–Trinajstić information content (AvgIpc) is 2.57. The van der Waals surface area contributed by atoms with Crippen LogP contribution in [0.3, 0.4) is 0 Å². The van der Waals surface area contributed by atoms with E-state index in [-0.39, 0.29) is 0 Å². The van der Waals surface area contributed by atoms with Crippen molar-refractivity contribution in [1.82, 2.24) is 4.98 Å². The number of carboxylic acid groups (broad SMARTS) is 1. The van der Waals surface area contributed by atoms with E-state index in [0.29, 0.717) is 11.5 Å². The Morgan fingerprint density at radius 3 is 3.00 bits per heavy atom. The number of hydrogen-bond donors (Lipinski definition) is 2. The number of nitrogens with one attached hydrogen (secondary N) is 1. The van der Waals surface area contributed by atoms with Crippen LogP contribution < -0.4 is 5.32 Å². The number of aromatic nitrogens is 1. The second-order valence-corrected chi connectivity index (χ2v) is 3.62. The minimum atomic E-state index is -0.892. The van der Waals surface area contributed by atoms with Gasteiger partial charge in [-0.1, -0.05) is 0 Å². The Morgan fingerprint density at radius 2 is 2.31 bits per heavy atom. The van der Waals surface area contributed by atoms with Crippen molar-refractivity contribution in [3.8, 4) is 0 Å². The predicted molar refractivity (Wildman–Crippen MR) is 59.5 cm³/mol. The van der Waals surface area contributed by atoms with Crippen molar-refractivity contribution in [2.24, 2.45) is 0 Å². The van der Waals surface area contributed by atoms with Crippen LogP contribution in [-0.2, 0) is 4.79 Å². The standard InChI is InChI=1S/C11H12N2O3/c1-6(11(14)15)12-8-3-4-10-9(5-8)13-7(2)16-10/h3-6,12H,1-2H3,(H,14,15). The number of aliphatic carboxylic acids is 1. The molecule has 0 saturated heterocycles. The number of carboxylic acids is 1. The molecule has 2 rings (SSSR count). The molecule has 0 aliphatic rings. The maximum Gasteiger partial charge on any atom is 0.325 e. The van der Waals surface area contributed by atoms with Gasteiger partial charge in [-0.15, -0.1) is 0 Å². The third kappa shape index (κ3) is 1.98. The van der Waals surface area contributed by atoms with Gasteiger partial charge in [0.15, 0.2) is 11.5 Å². The molecule has 0 fully saturated rings. The van der Waals surface area contributed by atoms with Crippen molar-refractivity contribution in [3.63, 3.8) is 0 Å². The molecule has 16 heavy (non-hydrogen) atoms. The van der Waals surface area contributed by atoms with Crippen LogP contribution in [0.5, 0.6) is 0 Å². The van der Waals surface area contributed by atoms with Gasteiger partial charge in [0.2, 0.25) is 0 Å². The van der Waals surface area contributed by atoms with E-state index in [1.807, 2.05) is 0 Å². The van der Waals surface area contributed by atoms with Crippen molar-refractivity contribution < 1.29 is 14.3 Å². The van der Waals surface area contributed by atoms with Crippen LogP contribution in [0.4, 0.5) is 5.69 Å². The molecule has 1 aromatic heterocycles. The second kappa shape index (κ2) is 3.84. The summed E-state index contributed by atoms with van der Waals surface area (Å²) >= 11 is 0. The highest BCUT2D eigenvalue weighted by Crippen LogP contribution is 2.20. The first-order chi connectivity index (χ1) is 7.56. The molecule has 0 radical (unpaired) electrons. The van der Waals surface area contributed by atoms with Gasteiger partial charge < -0.3 is 14.8 Å². The van der Waals surface area contributed by atoms with Crippen LogP contribution in [0.1, 0.15) is 12.8 Å². The van der Waals surface area contributed by atoms with Gasteiger partial charge in [0.05, 0.1) is 0 Å². The second-order valence-electron chi connectivity index (χ2n) is 3.62. The van der Waals surface area contributed by atoms with E-state index < -0.39 is 12.0 Å². The van der Waals surface area contributed by atoms with Gasteiger partial charge >= 0.3 is 5.97 Å². The zero-order valence-electron chi connectivity index (χ0n) is 9.02. The SMILES string of the molecule is Cc1nc2cc(NC(C)C(=O)O)ccc2o1. The van der Waals surface area contributed by atoms with Gasteiger partial charge in [0, 0.05) is 12.6 Å². The fourth-order valence-electron chi connectivity index (χ4n) is 1.44. The van der Waals surface area contributed by atoms with E-state index in [4.69, 9.17) is 9.52 Å². The van der Waals surface area contributed by atoms with Gasteiger partial charge in [-0.25, -0.2) is 4.98 Å². The summed E-state index contributed by atoms with van der Waals surface area (Å²) in [7, 11) is 0. The fourth-order valence-corrected chi connectivity index (χ4v) is 1.44. The van der Waals surface area contributed by atoms with Crippen molar-refractivity contribution in [2.75, 3.05) is 5.32 Å². The third-order valence-electron chi connectivity index (χ3n) is 2.25. The molecule has 1 aromatic carbocycles. The first kappa shape index (κ1) is 10.5. The lowest BCUT2D eigenvalue weighted by atomic mass is 10.2. The minimum Gasteiger partial charge on any atom is -0.480 e. The number of anilines is 1. The first-order valence-corrected chi connectivity index (χ1v) is 4.93. The minimum absolute atomic E-state index is 0.596. The van der Waals surface area contributed by atoms with E-state index in [9.17, 15) is 4.79 Å². The Hall–Kier alpha value is -2.04. The molecule has 2 N–H and O–H groups in total. The maximum atomic E-state index is 10.7. The summed E-state index contributed by atoms with van der Waals surface area (Å²) in [5.74, 6) is -0.296. The summed E-state index contributed by atoms with van der Waals surface area (Å²) in [5, 5.41) is 11.6. The molecule has 1 atom stereocenters. The van der Waals surface area contributed by atoms with E-state index in [1.165, 1.54) is 0 Å². The summed E-state index contributed by atoms with van der Waals surface area (Å²) in [6.07, 6.45) is 0. The zero-order valence-corrected chi connectivity index (χ0v) is 9.02. The number of aryl methyl sites for hydroxylation is 1. The van der Waals surface area contributed by atoms with Crippen LogP contribution in [0, 0.1) is 6.92 Å². The quantitative estimate of drug-likeness (QED) is 0.827. The van der Waals surface area contributed by atoms with Crippen molar-refractivity contribution in [3.05, 3.63) is 24.1 Å². The van der Waals surface area contributed by atoms with Crippen LogP contribution in [0.15, 0.2) is 22.6 Å². The van der Waals surface area contributed by atoms with Crippen molar-refractivity contribution in [2.45, 2.75) is 19.9 Å². The van der Waals surface area contributed by atoms with Gasteiger partial charge in [-0.2, -0.15) is 0 Å². The zero-order chi connectivity index (χ0) is 11.7. The van der Waals surface area contributed by atoms with Crippen LogP contribution in [0.2, 0.25) is 0 Å². The molecule has 84 valence electrons. The van der Waals surface area contributed by atoms with Crippen LogP contribution >= 0.6 is 0 Å². The molecule has 1 unspecified atom stereocenters. The summed E-state index contributed by atoms with van der Waals surface area (Å²) < 4.78 is 5.32. The first-order valence-electron chi connectivity index (χ1n) is 4.93. The number of carbonyl (C=O) groups is 1. The Morgan fingerprint density at radius 1 is 1.56 bits per heavy atom. The topological polar surface area (TPSA) is 75.4 Å². The Balaban J connectivity index is 2.28. The molecule has 5 heteroatoms. The van der Waals surface area contributed by atoms with Crippen LogP contribution in [-0.4, -0.2) is 22.1 Å². The molecular formula is C11H12N2O3. The van der Waals surface area contributed by atoms with E-state index in [0.717, 1.165) is 11.2 Å². The monoisotopic (exact) mass is 220 g/mol. The highest BCUT2D eigenvalue weighted by molar-refractivity contribution is 5.80. The molecule has 0 bridgehead atoms. The number of nitrogens with zero attached hydrogens (tertiary/aromatic N) is 1. The third-order valence-corrected chi connectivity index (χ3v) is 2.25. The summed E-state index contributed by atoms with van der Waals surface area (Å²) in [5.41, 5.74) is 2.14. The molecule has 0 aliphatic heterocycles. The molecule has 0 amide bonds. The van der Waals surface area contributed by atoms with Crippen LogP contribution in [0.25, 0.3) is 11.1 Å². The number of fused-ring (bicyclic) bond motifs is 1. The van der Waals surface area contributed by atoms with Crippen molar-refractivity contribution >= 4 is 22.8 Å². The predicted octanol–water partition coefficient (Wildman–Crippen LogP) is 2.02. The molecule has 1 heterocycles. The van der Waals surface area contributed by atoms with E-state index >= 15 is 0 Å². The maximum absolute atomic E-state index is 10.7. The Labute approximate surface area is 92.1 Å². The van der Waals surface area contributed by atoms with Gasteiger partial charge in [0.1, 0.15) is 11.6 Å². The molecule has 2 aromatic rings. The summed E-state index contributed by atoms with van der Waals surface area (Å²) in [4.78, 5) is 14.8. The normalized spacial score (nSPS) is 12.6. The molecule has 0 aliphatic carbocycles. The summed E-state index contributed by atoms with van der Waals surface area (Å²) in [6, 6.07) is 4.68. The number of benzene rings is 1. The lowest BCUT2D eigenvalue weighted by molar-refractivity contribution is -0.137. The number of oxazole rings is 1. The largest absolute Gasteiger partial charge is 0.480 e. The van der Waals surface area contributed by atoms with E-state index in [2.05, 4.69) is 10.3 Å². The van der Waals surface area contributed by atoms with Gasteiger partial charge in [-0.3, -0.25) is 4.79 Å². The molecular weight excluding hydrogens is 208 g/mol. The fraction of sp³-hybridized carbons (Fsp3) is 0.273. The average molecular weight is 220 g/mol. The lowest BCUT2D eigenvalue weighted by Crippen LogP contribution is -2.25. The highest BCUT2D eigenvalue weighted by Gasteiger charge is 2.11. The number of hydrogen-bond acceptors (Lipinski definition) is 4. The Bertz CT molecular complexity index is 533. The molecule has 5 nitrogen and oxygen atoms in total. The summed E-state index contributed by atoms with van der Waals surface area (Å²) in [6.45, 7) is 3.35.